The van der Waals surface area contributed by atoms with E-state index in [9.17, 15) is 4.79 Å². The zero-order chi connectivity index (χ0) is 15.9. The van der Waals surface area contributed by atoms with Crippen molar-refractivity contribution in [1.82, 2.24) is 15.3 Å². The minimum Gasteiger partial charge on any atom is -0.349 e. The molecule has 0 spiro atoms. The molecule has 4 nitrogen and oxygen atoms in total. The monoisotopic (exact) mass is 303 g/mol. The Morgan fingerprint density at radius 2 is 2.00 bits per heavy atom. The fourth-order valence-corrected chi connectivity index (χ4v) is 2.26. The molecule has 0 aliphatic carbocycles. The van der Waals surface area contributed by atoms with Gasteiger partial charge < -0.3 is 10.3 Å². The molecule has 2 aromatic heterocycles. The first-order chi connectivity index (χ1) is 11.3. The average Bonchev–Trinajstić information content (AvgIpc) is 3.01. The Kier molecular flexibility index (Phi) is 4.64. The summed E-state index contributed by atoms with van der Waals surface area (Å²) in [6.07, 6.45) is 10.8. The normalized spacial score (nSPS) is 11.5. The van der Waals surface area contributed by atoms with Crippen LogP contribution in [0.1, 0.15) is 11.1 Å². The van der Waals surface area contributed by atoms with E-state index in [4.69, 9.17) is 0 Å². The van der Waals surface area contributed by atoms with E-state index in [1.54, 1.807) is 12.3 Å². The minimum absolute atomic E-state index is 0.124. The van der Waals surface area contributed by atoms with Crippen LogP contribution in [0.25, 0.3) is 23.2 Å². The van der Waals surface area contributed by atoms with E-state index in [2.05, 4.69) is 15.3 Å². The van der Waals surface area contributed by atoms with Crippen LogP contribution in [0.2, 0.25) is 0 Å². The Morgan fingerprint density at radius 3 is 2.87 bits per heavy atom. The number of hydrogen-bond donors (Lipinski definition) is 2. The van der Waals surface area contributed by atoms with Gasteiger partial charge >= 0.3 is 0 Å². The Labute approximate surface area is 134 Å². The van der Waals surface area contributed by atoms with Crippen LogP contribution >= 0.6 is 0 Å². The van der Waals surface area contributed by atoms with E-state index in [-0.39, 0.29) is 5.91 Å². The topological polar surface area (TPSA) is 57.8 Å². The molecule has 1 aromatic carbocycles. The number of carbonyl (C=O) groups excluding carboxylic acids is 1. The van der Waals surface area contributed by atoms with Crippen molar-refractivity contribution in [2.45, 2.75) is 0 Å². The first-order valence-corrected chi connectivity index (χ1v) is 7.42. The molecule has 0 aliphatic heterocycles. The lowest BCUT2D eigenvalue weighted by Crippen LogP contribution is -2.20. The summed E-state index contributed by atoms with van der Waals surface area (Å²) in [5.41, 5.74) is 2.88. The molecule has 0 fully saturated rings. The number of carbonyl (C=O) groups is 1. The van der Waals surface area contributed by atoms with Gasteiger partial charge in [0.05, 0.1) is 0 Å². The van der Waals surface area contributed by atoms with Gasteiger partial charge in [0.1, 0.15) is 5.65 Å². The lowest BCUT2D eigenvalue weighted by molar-refractivity contribution is -0.116. The number of aromatic nitrogens is 2. The van der Waals surface area contributed by atoms with Crippen molar-refractivity contribution in [3.63, 3.8) is 0 Å². The number of hydrogen-bond acceptors (Lipinski definition) is 2. The molecule has 0 atom stereocenters. The first-order valence-electron chi connectivity index (χ1n) is 7.42. The number of amides is 1. The van der Waals surface area contributed by atoms with Crippen LogP contribution in [0.15, 0.2) is 67.0 Å². The number of pyridine rings is 1. The second-order valence-corrected chi connectivity index (χ2v) is 5.04. The zero-order valence-corrected chi connectivity index (χ0v) is 12.6. The number of fused-ring (bicyclic) bond motifs is 1. The molecule has 23 heavy (non-hydrogen) atoms. The van der Waals surface area contributed by atoms with E-state index < -0.39 is 0 Å². The Bertz CT molecular complexity index is 847. The molecule has 3 rings (SSSR count). The third kappa shape index (κ3) is 3.95. The van der Waals surface area contributed by atoms with Crippen LogP contribution in [-0.2, 0) is 4.79 Å². The molecule has 3 aromatic rings. The molecule has 0 saturated heterocycles. The van der Waals surface area contributed by atoms with Crippen LogP contribution < -0.4 is 5.32 Å². The largest absolute Gasteiger partial charge is 0.349 e. The summed E-state index contributed by atoms with van der Waals surface area (Å²) in [5, 5.41) is 3.83. The van der Waals surface area contributed by atoms with Gasteiger partial charge in [-0.2, -0.15) is 0 Å². The van der Waals surface area contributed by atoms with Gasteiger partial charge in [-0.1, -0.05) is 42.5 Å². The fourth-order valence-electron chi connectivity index (χ4n) is 2.26. The highest BCUT2D eigenvalue weighted by Gasteiger charge is 2.00. The van der Waals surface area contributed by atoms with Crippen LogP contribution in [0.3, 0.4) is 0 Å². The van der Waals surface area contributed by atoms with Gasteiger partial charge in [-0.15, -0.1) is 0 Å². The summed E-state index contributed by atoms with van der Waals surface area (Å²) in [6.45, 7) is 0.494. The summed E-state index contributed by atoms with van der Waals surface area (Å²) in [4.78, 5) is 19.1. The van der Waals surface area contributed by atoms with Crippen LogP contribution in [0.5, 0.6) is 0 Å². The second-order valence-electron chi connectivity index (χ2n) is 5.04. The van der Waals surface area contributed by atoms with Crippen molar-refractivity contribution in [1.29, 1.82) is 0 Å². The Morgan fingerprint density at radius 1 is 1.13 bits per heavy atom. The highest BCUT2D eigenvalue weighted by molar-refractivity contribution is 5.95. The van der Waals surface area contributed by atoms with Crippen LogP contribution in [0.4, 0.5) is 0 Å². The molecule has 2 N–H and O–H groups in total. The second kappa shape index (κ2) is 7.22. The third-order valence-corrected chi connectivity index (χ3v) is 3.40. The highest BCUT2D eigenvalue weighted by Crippen LogP contribution is 2.16. The average molecular weight is 303 g/mol. The summed E-state index contributed by atoms with van der Waals surface area (Å²) in [7, 11) is 0. The molecular formula is C19H17N3O. The van der Waals surface area contributed by atoms with Crippen molar-refractivity contribution in [2.75, 3.05) is 6.54 Å². The maximum absolute atomic E-state index is 11.8. The van der Waals surface area contributed by atoms with Crippen molar-refractivity contribution in [2.24, 2.45) is 0 Å². The molecule has 114 valence electrons. The van der Waals surface area contributed by atoms with Gasteiger partial charge in [-0.05, 0) is 23.8 Å². The van der Waals surface area contributed by atoms with Crippen molar-refractivity contribution in [3.8, 4) is 0 Å². The van der Waals surface area contributed by atoms with E-state index in [1.165, 1.54) is 6.08 Å². The van der Waals surface area contributed by atoms with Gasteiger partial charge in [0, 0.05) is 36.0 Å². The number of nitrogens with one attached hydrogen (secondary N) is 2. The number of H-pyrrole nitrogens is 1. The van der Waals surface area contributed by atoms with Crippen LogP contribution in [0, 0.1) is 0 Å². The zero-order valence-electron chi connectivity index (χ0n) is 12.6. The molecule has 0 saturated carbocycles. The quantitative estimate of drug-likeness (QED) is 0.710. The van der Waals surface area contributed by atoms with E-state index in [0.717, 1.165) is 22.2 Å². The van der Waals surface area contributed by atoms with E-state index in [0.29, 0.717) is 6.54 Å². The van der Waals surface area contributed by atoms with Gasteiger partial charge in [0.2, 0.25) is 5.91 Å². The molecule has 0 radical (unpaired) electrons. The van der Waals surface area contributed by atoms with Gasteiger partial charge in [-0.3, -0.25) is 4.79 Å². The standard InChI is InChI=1S/C19H17N3O/c23-18(20-12-4-8-15-6-2-1-3-7-15)11-10-16-14-22-19-17(16)9-5-13-21-19/h1-11,13-14H,12H2,(H,20,23)(H,21,22)/b8-4+,11-10+. The summed E-state index contributed by atoms with van der Waals surface area (Å²) in [6, 6.07) is 13.8. The summed E-state index contributed by atoms with van der Waals surface area (Å²) in [5.74, 6) is -0.124. The van der Waals surface area contributed by atoms with Gasteiger partial charge in [-0.25, -0.2) is 4.98 Å². The number of aromatic amines is 1. The number of benzene rings is 1. The maximum atomic E-state index is 11.8. The first kappa shape index (κ1) is 14.8. The summed E-state index contributed by atoms with van der Waals surface area (Å²) >= 11 is 0. The predicted molar refractivity (Wildman–Crippen MR) is 93.6 cm³/mol. The maximum Gasteiger partial charge on any atom is 0.244 e. The Hall–Kier alpha value is -3.14. The van der Waals surface area contributed by atoms with Gasteiger partial charge in [0.15, 0.2) is 0 Å². The van der Waals surface area contributed by atoms with Crippen molar-refractivity contribution < 1.29 is 4.79 Å². The summed E-state index contributed by atoms with van der Waals surface area (Å²) < 4.78 is 0. The molecule has 1 amide bonds. The lowest BCUT2D eigenvalue weighted by Gasteiger charge is -1.97. The highest BCUT2D eigenvalue weighted by atomic mass is 16.1. The lowest BCUT2D eigenvalue weighted by atomic mass is 10.2. The molecule has 0 bridgehead atoms. The van der Waals surface area contributed by atoms with Crippen molar-refractivity contribution >= 4 is 29.1 Å². The Balaban J connectivity index is 1.54. The molecular weight excluding hydrogens is 286 g/mol. The van der Waals surface area contributed by atoms with Gasteiger partial charge in [0.25, 0.3) is 0 Å². The smallest absolute Gasteiger partial charge is 0.244 e. The fraction of sp³-hybridized carbons (Fsp3) is 0.0526. The van der Waals surface area contributed by atoms with Crippen molar-refractivity contribution in [3.05, 3.63) is 78.1 Å². The molecule has 0 unspecified atom stereocenters. The van der Waals surface area contributed by atoms with E-state index in [1.807, 2.05) is 60.8 Å². The third-order valence-electron chi connectivity index (χ3n) is 3.40. The number of nitrogens with zero attached hydrogens (tertiary/aromatic N) is 1. The van der Waals surface area contributed by atoms with E-state index >= 15 is 0 Å². The molecule has 4 heteroatoms. The minimum atomic E-state index is -0.124. The predicted octanol–water partition coefficient (Wildman–Crippen LogP) is 3.41. The molecule has 2 heterocycles. The van der Waals surface area contributed by atoms with Crippen LogP contribution in [-0.4, -0.2) is 22.4 Å². The molecule has 0 aliphatic rings. The SMILES string of the molecule is O=C(/C=C/c1c[nH]c2ncccc12)NC/C=C/c1ccccc1. The number of rotatable bonds is 5.